The van der Waals surface area contributed by atoms with Gasteiger partial charge in [-0.15, -0.1) is 0 Å². The number of rotatable bonds is 4. The van der Waals surface area contributed by atoms with Crippen molar-refractivity contribution in [1.82, 2.24) is 0 Å². The van der Waals surface area contributed by atoms with Gasteiger partial charge in [0.15, 0.2) is 5.37 Å². The Morgan fingerprint density at radius 1 is 1.17 bits per heavy atom. The lowest BCUT2D eigenvalue weighted by atomic mass is 10.2. The molecule has 1 heterocycles. The molecule has 1 N–H and O–H groups in total. The van der Waals surface area contributed by atoms with E-state index in [0.717, 1.165) is 28.8 Å². The molecule has 122 valence electrons. The summed E-state index contributed by atoms with van der Waals surface area (Å²) in [4.78, 5) is 35.7. The van der Waals surface area contributed by atoms with E-state index in [1.165, 1.54) is 30.3 Å². The highest BCUT2D eigenvalue weighted by Gasteiger charge is 2.40. The Labute approximate surface area is 139 Å². The summed E-state index contributed by atoms with van der Waals surface area (Å²) in [5.41, 5.74) is 0.489. The SMILES string of the molecule is O=C1S[C@@H](Nc2cccc([N+](=O)[O-])c2)C(=O)N1c1ccc(F)cc1. The molecule has 9 heteroatoms. The van der Waals surface area contributed by atoms with Gasteiger partial charge in [0.2, 0.25) is 0 Å². The van der Waals surface area contributed by atoms with Crippen LogP contribution >= 0.6 is 11.8 Å². The number of carbonyl (C=O) groups is 2. The second kappa shape index (κ2) is 6.28. The minimum atomic E-state index is -0.912. The monoisotopic (exact) mass is 347 g/mol. The third-order valence-corrected chi connectivity index (χ3v) is 4.22. The van der Waals surface area contributed by atoms with Gasteiger partial charge in [0.05, 0.1) is 10.6 Å². The van der Waals surface area contributed by atoms with Gasteiger partial charge < -0.3 is 5.32 Å². The summed E-state index contributed by atoms with van der Waals surface area (Å²) in [5, 5.41) is 12.2. The molecule has 0 aliphatic carbocycles. The van der Waals surface area contributed by atoms with Crippen LogP contribution in [0.3, 0.4) is 0 Å². The molecule has 0 radical (unpaired) electrons. The van der Waals surface area contributed by atoms with Crippen molar-refractivity contribution >= 4 is 40.0 Å². The minimum Gasteiger partial charge on any atom is -0.365 e. The second-order valence-electron chi connectivity index (χ2n) is 4.87. The molecule has 1 atom stereocenters. The third-order valence-electron chi connectivity index (χ3n) is 3.29. The normalized spacial score (nSPS) is 17.2. The number of nitrogens with zero attached hydrogens (tertiary/aromatic N) is 2. The predicted octanol–water partition coefficient (Wildman–Crippen LogP) is 3.37. The van der Waals surface area contributed by atoms with E-state index in [1.807, 2.05) is 0 Å². The molecule has 0 aromatic heterocycles. The fourth-order valence-electron chi connectivity index (χ4n) is 2.19. The zero-order valence-corrected chi connectivity index (χ0v) is 12.8. The summed E-state index contributed by atoms with van der Waals surface area (Å²) < 4.78 is 13.0. The van der Waals surface area contributed by atoms with Crippen molar-refractivity contribution in [2.24, 2.45) is 0 Å². The number of non-ortho nitro benzene ring substituents is 1. The smallest absolute Gasteiger partial charge is 0.295 e. The summed E-state index contributed by atoms with van der Waals surface area (Å²) in [6, 6.07) is 10.6. The van der Waals surface area contributed by atoms with E-state index < -0.39 is 27.3 Å². The van der Waals surface area contributed by atoms with Crippen LogP contribution in [-0.4, -0.2) is 21.4 Å². The van der Waals surface area contributed by atoms with E-state index >= 15 is 0 Å². The highest BCUT2D eigenvalue weighted by atomic mass is 32.2. The van der Waals surface area contributed by atoms with Crippen molar-refractivity contribution in [2.75, 3.05) is 10.2 Å². The molecule has 3 rings (SSSR count). The minimum absolute atomic E-state index is 0.128. The molecular formula is C15H10FN3O4S. The van der Waals surface area contributed by atoms with Crippen molar-refractivity contribution in [3.05, 3.63) is 64.5 Å². The standard InChI is InChI=1S/C15H10FN3O4S/c16-9-4-6-11(7-5-9)18-14(20)13(24-15(18)21)17-10-2-1-3-12(8-10)19(22)23/h1-8,13,17H/t13-/m1/s1. The van der Waals surface area contributed by atoms with Crippen LogP contribution in [-0.2, 0) is 4.79 Å². The molecule has 1 aliphatic rings. The van der Waals surface area contributed by atoms with Crippen LogP contribution < -0.4 is 10.2 Å². The van der Waals surface area contributed by atoms with Crippen LogP contribution in [0.25, 0.3) is 0 Å². The van der Waals surface area contributed by atoms with Gasteiger partial charge >= 0.3 is 0 Å². The van der Waals surface area contributed by atoms with Crippen molar-refractivity contribution < 1.29 is 18.9 Å². The highest BCUT2D eigenvalue weighted by Crippen LogP contribution is 2.33. The van der Waals surface area contributed by atoms with Gasteiger partial charge in [-0.3, -0.25) is 19.7 Å². The number of nitro benzene ring substituents is 1. The molecule has 0 bridgehead atoms. The van der Waals surface area contributed by atoms with E-state index in [9.17, 15) is 24.1 Å². The van der Waals surface area contributed by atoms with E-state index in [1.54, 1.807) is 6.07 Å². The van der Waals surface area contributed by atoms with Crippen LogP contribution in [0.4, 0.5) is 26.2 Å². The van der Waals surface area contributed by atoms with Crippen molar-refractivity contribution in [2.45, 2.75) is 5.37 Å². The lowest BCUT2D eigenvalue weighted by Crippen LogP contribution is -2.34. The van der Waals surface area contributed by atoms with Gasteiger partial charge in [-0.25, -0.2) is 9.29 Å². The number of nitrogens with one attached hydrogen (secondary N) is 1. The largest absolute Gasteiger partial charge is 0.365 e. The maximum absolute atomic E-state index is 13.0. The first-order chi connectivity index (χ1) is 11.5. The van der Waals surface area contributed by atoms with Gasteiger partial charge in [0.1, 0.15) is 5.82 Å². The number of amides is 2. The van der Waals surface area contributed by atoms with E-state index in [2.05, 4.69) is 5.32 Å². The molecule has 1 fully saturated rings. The molecule has 0 saturated carbocycles. The number of hydrogen-bond donors (Lipinski definition) is 1. The van der Waals surface area contributed by atoms with Crippen LogP contribution in [0.5, 0.6) is 0 Å². The number of anilines is 2. The molecule has 0 unspecified atom stereocenters. The summed E-state index contributed by atoms with van der Waals surface area (Å²) >= 11 is 0.753. The van der Waals surface area contributed by atoms with E-state index in [4.69, 9.17) is 0 Å². The van der Waals surface area contributed by atoms with Gasteiger partial charge in [-0.1, -0.05) is 6.07 Å². The van der Waals surface area contributed by atoms with Crippen molar-refractivity contribution in [1.29, 1.82) is 0 Å². The van der Waals surface area contributed by atoms with Crippen LogP contribution in [0.2, 0.25) is 0 Å². The third kappa shape index (κ3) is 3.06. The number of hydrogen-bond acceptors (Lipinski definition) is 6. The molecule has 2 aromatic carbocycles. The summed E-state index contributed by atoms with van der Waals surface area (Å²) in [5.74, 6) is -1.00. The molecule has 2 aromatic rings. The topological polar surface area (TPSA) is 92.5 Å². The van der Waals surface area contributed by atoms with Gasteiger partial charge in [0, 0.05) is 17.8 Å². The fraction of sp³-hybridized carbons (Fsp3) is 0.0667. The summed E-state index contributed by atoms with van der Waals surface area (Å²) in [6.45, 7) is 0. The maximum atomic E-state index is 13.0. The van der Waals surface area contributed by atoms with Crippen molar-refractivity contribution in [3.8, 4) is 0 Å². The fourth-order valence-corrected chi connectivity index (χ4v) is 3.09. The average molecular weight is 347 g/mol. The zero-order valence-electron chi connectivity index (χ0n) is 12.0. The lowest BCUT2D eigenvalue weighted by Gasteiger charge is -2.14. The van der Waals surface area contributed by atoms with Crippen LogP contribution in [0, 0.1) is 15.9 Å². The molecular weight excluding hydrogens is 337 g/mol. The van der Waals surface area contributed by atoms with Crippen molar-refractivity contribution in [3.63, 3.8) is 0 Å². The van der Waals surface area contributed by atoms with E-state index in [-0.39, 0.29) is 11.4 Å². The molecule has 24 heavy (non-hydrogen) atoms. The Morgan fingerprint density at radius 2 is 1.88 bits per heavy atom. The lowest BCUT2D eigenvalue weighted by molar-refractivity contribution is -0.384. The van der Waals surface area contributed by atoms with Crippen LogP contribution in [0.1, 0.15) is 0 Å². The molecule has 1 saturated heterocycles. The Morgan fingerprint density at radius 3 is 2.54 bits per heavy atom. The molecule has 0 spiro atoms. The Hall–Kier alpha value is -2.94. The zero-order chi connectivity index (χ0) is 17.3. The van der Waals surface area contributed by atoms with Gasteiger partial charge in [-0.05, 0) is 42.1 Å². The van der Waals surface area contributed by atoms with Gasteiger partial charge in [0.25, 0.3) is 16.8 Å². The molecule has 1 aliphatic heterocycles. The second-order valence-corrected chi connectivity index (χ2v) is 5.92. The first-order valence-corrected chi connectivity index (χ1v) is 7.65. The Bertz CT molecular complexity index is 828. The quantitative estimate of drug-likeness (QED) is 0.673. The Balaban J connectivity index is 1.80. The van der Waals surface area contributed by atoms with Crippen LogP contribution in [0.15, 0.2) is 48.5 Å². The number of nitro groups is 1. The van der Waals surface area contributed by atoms with Gasteiger partial charge in [-0.2, -0.15) is 0 Å². The predicted molar refractivity (Wildman–Crippen MR) is 87.4 cm³/mol. The highest BCUT2D eigenvalue weighted by molar-refractivity contribution is 8.16. The first-order valence-electron chi connectivity index (χ1n) is 6.77. The average Bonchev–Trinajstić information content (AvgIpc) is 2.83. The first kappa shape index (κ1) is 15.9. The molecule has 2 amide bonds. The number of imide groups is 1. The van der Waals surface area contributed by atoms with E-state index in [0.29, 0.717) is 5.69 Å². The summed E-state index contributed by atoms with van der Waals surface area (Å²) in [6.07, 6.45) is 0. The number of carbonyl (C=O) groups excluding carboxylic acids is 2. The maximum Gasteiger partial charge on any atom is 0.295 e. The summed E-state index contributed by atoms with van der Waals surface area (Å²) in [7, 11) is 0. The number of benzene rings is 2. The molecule has 7 nitrogen and oxygen atoms in total. The number of thioether (sulfide) groups is 1. The Kier molecular flexibility index (Phi) is 4.17. The number of halogens is 1.